The van der Waals surface area contributed by atoms with Gasteiger partial charge in [-0.15, -0.1) is 0 Å². The second-order valence-corrected chi connectivity index (χ2v) is 8.25. The molecule has 140 valence electrons. The van der Waals surface area contributed by atoms with E-state index in [-0.39, 0.29) is 4.90 Å². The number of piperidine rings is 1. The van der Waals surface area contributed by atoms with Crippen molar-refractivity contribution in [3.63, 3.8) is 0 Å². The van der Waals surface area contributed by atoms with E-state index in [1.54, 1.807) is 24.5 Å². The quantitative estimate of drug-likeness (QED) is 0.743. The molecule has 2 aromatic heterocycles. The van der Waals surface area contributed by atoms with Crippen molar-refractivity contribution < 1.29 is 12.8 Å². The molecule has 9 heteroatoms. The highest BCUT2D eigenvalue weighted by molar-refractivity contribution is 7.89. The molecule has 3 heterocycles. The monoisotopic (exact) mass is 387 g/mol. The number of nitrogens with zero attached hydrogens (tertiary/aromatic N) is 4. The lowest BCUT2D eigenvalue weighted by molar-refractivity contribution is 0.247. The molecule has 1 atom stereocenters. The van der Waals surface area contributed by atoms with E-state index in [1.807, 2.05) is 0 Å². The van der Waals surface area contributed by atoms with Crippen LogP contribution in [0.1, 0.15) is 31.1 Å². The van der Waals surface area contributed by atoms with Gasteiger partial charge in [0.2, 0.25) is 10.0 Å². The van der Waals surface area contributed by atoms with Crippen molar-refractivity contribution in [2.45, 2.75) is 30.2 Å². The van der Waals surface area contributed by atoms with Crippen molar-refractivity contribution in [2.75, 3.05) is 6.54 Å². The number of hydrogen-bond donors (Lipinski definition) is 1. The third kappa shape index (κ3) is 3.47. The van der Waals surface area contributed by atoms with E-state index < -0.39 is 21.9 Å². The number of nitrogens with one attached hydrogen (secondary N) is 1. The molecule has 0 spiro atoms. The molecule has 0 radical (unpaired) electrons. The molecule has 0 bridgehead atoms. The first kappa shape index (κ1) is 17.7. The van der Waals surface area contributed by atoms with Crippen LogP contribution in [0.3, 0.4) is 0 Å². The van der Waals surface area contributed by atoms with Crippen LogP contribution in [0.25, 0.3) is 11.4 Å². The number of halogens is 1. The van der Waals surface area contributed by atoms with Gasteiger partial charge in [0, 0.05) is 24.5 Å². The van der Waals surface area contributed by atoms with Crippen molar-refractivity contribution in [3.8, 4) is 11.4 Å². The highest BCUT2D eigenvalue weighted by atomic mass is 32.2. The van der Waals surface area contributed by atoms with Gasteiger partial charge in [0.15, 0.2) is 5.82 Å². The molecule has 7 nitrogen and oxygen atoms in total. The number of sulfonamides is 1. The maximum Gasteiger partial charge on any atom is 0.243 e. The maximum absolute atomic E-state index is 13.2. The molecule has 27 heavy (non-hydrogen) atoms. The zero-order valence-electron chi connectivity index (χ0n) is 14.4. The summed E-state index contributed by atoms with van der Waals surface area (Å²) < 4.78 is 40.8. The van der Waals surface area contributed by atoms with Gasteiger partial charge in [-0.2, -0.15) is 9.40 Å². The van der Waals surface area contributed by atoms with Gasteiger partial charge in [-0.25, -0.2) is 17.8 Å². The average molecular weight is 387 g/mol. The summed E-state index contributed by atoms with van der Waals surface area (Å²) in [6.07, 6.45) is 5.60. The second-order valence-electron chi connectivity index (χ2n) is 6.36. The molecular formula is C18H18FN5O2S. The van der Waals surface area contributed by atoms with E-state index in [9.17, 15) is 12.8 Å². The van der Waals surface area contributed by atoms with Crippen molar-refractivity contribution in [2.24, 2.45) is 0 Å². The Balaban J connectivity index is 1.67. The molecule has 4 rings (SSSR count). The van der Waals surface area contributed by atoms with Crippen molar-refractivity contribution in [3.05, 3.63) is 60.4 Å². The lowest BCUT2D eigenvalue weighted by atomic mass is 10.0. The van der Waals surface area contributed by atoms with Crippen LogP contribution in [0.15, 0.2) is 53.7 Å². The third-order valence-corrected chi connectivity index (χ3v) is 6.55. The maximum atomic E-state index is 13.2. The first-order chi connectivity index (χ1) is 13.1. The molecule has 0 saturated carbocycles. The predicted molar refractivity (Wildman–Crippen MR) is 96.5 cm³/mol. The predicted octanol–water partition coefficient (Wildman–Crippen LogP) is 2.92. The molecule has 3 aromatic rings. The van der Waals surface area contributed by atoms with Crippen LogP contribution in [0.4, 0.5) is 4.39 Å². The summed E-state index contributed by atoms with van der Waals surface area (Å²) in [5.41, 5.74) is 0.802. The molecule has 1 saturated heterocycles. The molecule has 1 fully saturated rings. The summed E-state index contributed by atoms with van der Waals surface area (Å²) in [6, 6.07) is 8.04. The van der Waals surface area contributed by atoms with E-state index in [1.165, 1.54) is 16.4 Å². The van der Waals surface area contributed by atoms with Crippen molar-refractivity contribution in [1.82, 2.24) is 24.5 Å². The second kappa shape index (κ2) is 7.16. The summed E-state index contributed by atoms with van der Waals surface area (Å²) in [7, 11) is -3.76. The van der Waals surface area contributed by atoms with Crippen molar-refractivity contribution in [1.29, 1.82) is 0 Å². The number of H-pyrrole nitrogens is 1. The van der Waals surface area contributed by atoms with Crippen LogP contribution in [-0.4, -0.2) is 39.4 Å². The first-order valence-electron chi connectivity index (χ1n) is 8.66. The summed E-state index contributed by atoms with van der Waals surface area (Å²) in [4.78, 5) is 8.56. The smallest absolute Gasteiger partial charge is 0.243 e. The van der Waals surface area contributed by atoms with Gasteiger partial charge >= 0.3 is 0 Å². The van der Waals surface area contributed by atoms with E-state index >= 15 is 0 Å². The molecule has 1 aliphatic rings. The molecule has 1 aromatic carbocycles. The molecule has 1 unspecified atom stereocenters. The SMILES string of the molecule is O=S(=O)(c1ccc(F)cc1)N1CCCCC1c1nc(-c2ccncc2)n[nH]1. The van der Waals surface area contributed by atoms with Gasteiger partial charge in [0.05, 0.1) is 10.9 Å². The topological polar surface area (TPSA) is 91.8 Å². The summed E-state index contributed by atoms with van der Waals surface area (Å²) in [5.74, 6) is 0.533. The number of aromatic amines is 1. The van der Waals surface area contributed by atoms with Gasteiger partial charge < -0.3 is 0 Å². The van der Waals surface area contributed by atoms with Crippen LogP contribution >= 0.6 is 0 Å². The summed E-state index contributed by atoms with van der Waals surface area (Å²) >= 11 is 0. The number of benzene rings is 1. The Morgan fingerprint density at radius 3 is 2.56 bits per heavy atom. The van der Waals surface area contributed by atoms with E-state index in [2.05, 4.69) is 20.2 Å². The Morgan fingerprint density at radius 2 is 1.81 bits per heavy atom. The van der Waals surface area contributed by atoms with E-state index in [0.29, 0.717) is 24.6 Å². The Morgan fingerprint density at radius 1 is 1.07 bits per heavy atom. The Bertz CT molecular complexity index is 1020. The van der Waals surface area contributed by atoms with Crippen LogP contribution in [0, 0.1) is 5.82 Å². The number of hydrogen-bond acceptors (Lipinski definition) is 5. The van der Waals surface area contributed by atoms with Crippen LogP contribution in [-0.2, 0) is 10.0 Å². The molecule has 0 aliphatic carbocycles. The minimum Gasteiger partial charge on any atom is -0.265 e. The first-order valence-corrected chi connectivity index (χ1v) is 10.1. The summed E-state index contributed by atoms with van der Waals surface area (Å²) in [5, 5.41) is 7.12. The highest BCUT2D eigenvalue weighted by Crippen LogP contribution is 2.34. The lowest BCUT2D eigenvalue weighted by Gasteiger charge is -2.33. The zero-order chi connectivity index (χ0) is 18.9. The lowest BCUT2D eigenvalue weighted by Crippen LogP contribution is -2.39. The third-order valence-electron chi connectivity index (χ3n) is 4.63. The minimum atomic E-state index is -3.76. The Kier molecular flexibility index (Phi) is 4.71. The molecular weight excluding hydrogens is 369 g/mol. The number of rotatable bonds is 4. The van der Waals surface area contributed by atoms with Gasteiger partial charge in [0.25, 0.3) is 0 Å². The largest absolute Gasteiger partial charge is 0.265 e. The van der Waals surface area contributed by atoms with Crippen LogP contribution < -0.4 is 0 Å². The van der Waals surface area contributed by atoms with E-state index in [4.69, 9.17) is 0 Å². The minimum absolute atomic E-state index is 0.0738. The fourth-order valence-electron chi connectivity index (χ4n) is 3.26. The highest BCUT2D eigenvalue weighted by Gasteiger charge is 2.36. The fourth-order valence-corrected chi connectivity index (χ4v) is 4.92. The van der Waals surface area contributed by atoms with Crippen molar-refractivity contribution >= 4 is 10.0 Å². The van der Waals surface area contributed by atoms with Gasteiger partial charge in [-0.1, -0.05) is 6.42 Å². The molecule has 1 N–H and O–H groups in total. The average Bonchev–Trinajstić information content (AvgIpc) is 3.19. The summed E-state index contributed by atoms with van der Waals surface area (Å²) in [6.45, 7) is 0.385. The number of aromatic nitrogens is 4. The molecule has 0 amide bonds. The van der Waals surface area contributed by atoms with Crippen LogP contribution in [0.5, 0.6) is 0 Å². The Hall–Kier alpha value is -2.65. The fraction of sp³-hybridized carbons (Fsp3) is 0.278. The van der Waals surface area contributed by atoms with E-state index in [0.717, 1.165) is 30.5 Å². The zero-order valence-corrected chi connectivity index (χ0v) is 15.2. The normalized spacial score (nSPS) is 18.5. The van der Waals surface area contributed by atoms with Crippen LogP contribution in [0.2, 0.25) is 0 Å². The standard InChI is InChI=1S/C18H18FN5O2S/c19-14-4-6-15(7-5-14)27(25,26)24-12-2-1-3-16(24)18-21-17(22-23-18)13-8-10-20-11-9-13/h4-11,16H,1-3,12H2,(H,21,22,23). The Labute approximate surface area is 156 Å². The van der Waals surface area contributed by atoms with Gasteiger partial charge in [-0.3, -0.25) is 10.1 Å². The van der Waals surface area contributed by atoms with Gasteiger partial charge in [-0.05, 0) is 49.2 Å². The number of pyridine rings is 1. The van der Waals surface area contributed by atoms with Gasteiger partial charge in [0.1, 0.15) is 11.6 Å². The molecule has 1 aliphatic heterocycles.